The van der Waals surface area contributed by atoms with Gasteiger partial charge in [-0.1, -0.05) is 97.1 Å². The summed E-state index contributed by atoms with van der Waals surface area (Å²) >= 11 is 2.53. The van der Waals surface area contributed by atoms with Gasteiger partial charge in [0, 0.05) is 42.4 Å². The third kappa shape index (κ3) is 3.92. The van der Waals surface area contributed by atoms with Crippen molar-refractivity contribution < 1.29 is 4.42 Å². The van der Waals surface area contributed by atoms with Gasteiger partial charge in [0.05, 0.1) is 0 Å². The van der Waals surface area contributed by atoms with Crippen LogP contribution in [0.3, 0.4) is 0 Å². The van der Waals surface area contributed by atoms with Crippen LogP contribution in [0.15, 0.2) is 150 Å². The van der Waals surface area contributed by atoms with Gasteiger partial charge in [-0.2, -0.15) is 0 Å². The van der Waals surface area contributed by atoms with Gasteiger partial charge in [0.2, 0.25) is 0 Å². The molecule has 8 aromatic rings. The average Bonchev–Trinajstić information content (AvgIpc) is 3.42. The molecule has 0 aliphatic heterocycles. The van der Waals surface area contributed by atoms with Crippen molar-refractivity contribution in [2.24, 2.45) is 0 Å². The van der Waals surface area contributed by atoms with Gasteiger partial charge in [0.25, 0.3) is 0 Å². The second-order valence-electron chi connectivity index (χ2n) is 10.3. The maximum atomic E-state index is 6.54. The molecular weight excluding hydrogens is 613 g/mol. The molecule has 0 saturated carbocycles. The van der Waals surface area contributed by atoms with Crippen molar-refractivity contribution in [3.8, 4) is 11.1 Å². The van der Waals surface area contributed by atoms with Gasteiger partial charge in [-0.15, -0.1) is 0 Å². The average molecular weight is 638 g/mol. The number of nitrogens with zero attached hydrogens (tertiary/aromatic N) is 1. The lowest BCUT2D eigenvalue weighted by Crippen LogP contribution is -2.09. The maximum absolute atomic E-state index is 6.54. The minimum Gasteiger partial charge on any atom is -0.455 e. The normalized spacial score (nSPS) is 11.5. The molecule has 2 nitrogen and oxygen atoms in total. The molecule has 0 bridgehead atoms. The summed E-state index contributed by atoms with van der Waals surface area (Å²) in [5.74, 6) is 0. The van der Waals surface area contributed by atoms with Crippen LogP contribution in [0.25, 0.3) is 54.6 Å². The van der Waals surface area contributed by atoms with Crippen LogP contribution in [0.4, 0.5) is 17.1 Å². The van der Waals surface area contributed by atoms with E-state index in [1.54, 1.807) is 0 Å². The summed E-state index contributed by atoms with van der Waals surface area (Å²) < 4.78 is 7.79. The molecule has 0 amide bonds. The van der Waals surface area contributed by atoms with E-state index >= 15 is 0 Å². The number of hydrogen-bond donors (Lipinski definition) is 0. The first-order valence-corrected chi connectivity index (χ1v) is 14.8. The molecule has 0 spiro atoms. The van der Waals surface area contributed by atoms with E-state index in [9.17, 15) is 0 Å². The van der Waals surface area contributed by atoms with Crippen LogP contribution in [0, 0.1) is 3.57 Å². The van der Waals surface area contributed by atoms with Crippen LogP contribution in [0.5, 0.6) is 0 Å². The molecule has 0 N–H and O–H groups in total. The van der Waals surface area contributed by atoms with Crippen LogP contribution in [-0.4, -0.2) is 0 Å². The van der Waals surface area contributed by atoms with Crippen molar-refractivity contribution in [2.75, 3.05) is 4.90 Å². The SMILES string of the molecule is Ic1c(-c2ccc(N(c3ccccc3)c3ccccc3)cc2)c2ccc3c4ccccc4oc3c2c2ccccc12. The van der Waals surface area contributed by atoms with Crippen molar-refractivity contribution in [3.05, 3.63) is 149 Å². The first-order chi connectivity index (χ1) is 20.3. The Hall–Kier alpha value is -4.61. The number of hydrogen-bond acceptors (Lipinski definition) is 2. The Bertz CT molecular complexity index is 2160. The summed E-state index contributed by atoms with van der Waals surface area (Å²) in [6, 6.07) is 51.5. The second-order valence-corrected chi connectivity index (χ2v) is 11.3. The van der Waals surface area contributed by atoms with E-state index in [-0.39, 0.29) is 0 Å². The Morgan fingerprint density at radius 3 is 1.66 bits per heavy atom. The minimum atomic E-state index is 0.922. The van der Waals surface area contributed by atoms with Crippen LogP contribution in [-0.2, 0) is 0 Å². The second kappa shape index (κ2) is 9.79. The van der Waals surface area contributed by atoms with E-state index in [0.717, 1.165) is 39.0 Å². The van der Waals surface area contributed by atoms with Gasteiger partial charge in [0.15, 0.2) is 0 Å². The minimum absolute atomic E-state index is 0.922. The first-order valence-electron chi connectivity index (χ1n) is 13.7. The number of anilines is 3. The van der Waals surface area contributed by atoms with Gasteiger partial charge in [0.1, 0.15) is 11.2 Å². The predicted molar refractivity (Wildman–Crippen MR) is 182 cm³/mol. The number of furan rings is 1. The largest absolute Gasteiger partial charge is 0.455 e. The van der Waals surface area contributed by atoms with Gasteiger partial charge >= 0.3 is 0 Å². The van der Waals surface area contributed by atoms with Crippen molar-refractivity contribution >= 4 is 83.1 Å². The molecule has 1 aromatic heterocycles. The van der Waals surface area contributed by atoms with Crippen molar-refractivity contribution in [3.63, 3.8) is 0 Å². The molecule has 0 unspecified atom stereocenters. The Labute approximate surface area is 251 Å². The molecular formula is C38H24INO. The quantitative estimate of drug-likeness (QED) is 0.141. The first kappa shape index (κ1) is 24.2. The zero-order chi connectivity index (χ0) is 27.3. The van der Waals surface area contributed by atoms with Gasteiger partial charge in [-0.3, -0.25) is 0 Å². The van der Waals surface area contributed by atoms with Gasteiger partial charge in [-0.25, -0.2) is 0 Å². The number of rotatable bonds is 4. The topological polar surface area (TPSA) is 16.4 Å². The van der Waals surface area contributed by atoms with Gasteiger partial charge in [-0.05, 0) is 92.8 Å². The van der Waals surface area contributed by atoms with Gasteiger partial charge < -0.3 is 9.32 Å². The van der Waals surface area contributed by atoms with E-state index in [1.807, 2.05) is 6.07 Å². The molecule has 7 aromatic carbocycles. The summed E-state index contributed by atoms with van der Waals surface area (Å²) in [6.07, 6.45) is 0. The molecule has 0 fully saturated rings. The summed E-state index contributed by atoms with van der Waals surface area (Å²) in [7, 11) is 0. The van der Waals surface area contributed by atoms with Crippen LogP contribution in [0.1, 0.15) is 0 Å². The summed E-state index contributed by atoms with van der Waals surface area (Å²) in [5.41, 5.74) is 7.67. The number of halogens is 1. The lowest BCUT2D eigenvalue weighted by molar-refractivity contribution is 0.673. The van der Waals surface area contributed by atoms with E-state index < -0.39 is 0 Å². The van der Waals surface area contributed by atoms with Crippen LogP contribution < -0.4 is 4.90 Å². The summed E-state index contributed by atoms with van der Waals surface area (Å²) in [4.78, 5) is 2.30. The summed E-state index contributed by atoms with van der Waals surface area (Å²) in [6.45, 7) is 0. The molecule has 41 heavy (non-hydrogen) atoms. The Balaban J connectivity index is 1.36. The molecule has 0 saturated heterocycles. The van der Waals surface area contributed by atoms with Crippen LogP contribution >= 0.6 is 22.6 Å². The molecule has 0 atom stereocenters. The molecule has 0 radical (unpaired) electrons. The molecule has 0 aliphatic carbocycles. The molecule has 194 valence electrons. The highest BCUT2D eigenvalue weighted by atomic mass is 127. The third-order valence-corrected chi connectivity index (χ3v) is 9.03. The van der Waals surface area contributed by atoms with Crippen molar-refractivity contribution in [1.82, 2.24) is 0 Å². The zero-order valence-corrected chi connectivity index (χ0v) is 24.2. The molecule has 8 rings (SSSR count). The molecule has 0 aliphatic rings. The standard InChI is InChI=1S/C38H24INO/c39-37-31-17-8-7-16-30(31)36-33(24-23-32-29-15-9-10-18-34(29)41-38(32)36)35(37)25-19-21-28(22-20-25)40(26-11-3-1-4-12-26)27-13-5-2-6-14-27/h1-24H. The molecule has 1 heterocycles. The third-order valence-electron chi connectivity index (χ3n) is 7.91. The Kier molecular flexibility index (Phi) is 5.78. The summed E-state index contributed by atoms with van der Waals surface area (Å²) in [5, 5.41) is 7.14. The fourth-order valence-electron chi connectivity index (χ4n) is 6.07. The maximum Gasteiger partial charge on any atom is 0.143 e. The lowest BCUT2D eigenvalue weighted by Gasteiger charge is -2.25. The monoisotopic (exact) mass is 637 g/mol. The Morgan fingerprint density at radius 2 is 0.976 bits per heavy atom. The lowest BCUT2D eigenvalue weighted by atomic mass is 9.92. The highest BCUT2D eigenvalue weighted by Crippen LogP contribution is 2.45. The van der Waals surface area contributed by atoms with Crippen LogP contribution in [0.2, 0.25) is 0 Å². The van der Waals surface area contributed by atoms with E-state index in [2.05, 4.69) is 167 Å². The highest BCUT2D eigenvalue weighted by Gasteiger charge is 2.20. The smallest absolute Gasteiger partial charge is 0.143 e. The highest BCUT2D eigenvalue weighted by molar-refractivity contribution is 14.1. The van der Waals surface area contributed by atoms with E-state index in [0.29, 0.717) is 0 Å². The fraction of sp³-hybridized carbons (Fsp3) is 0. The van der Waals surface area contributed by atoms with E-state index in [1.165, 1.54) is 36.2 Å². The number of fused-ring (bicyclic) bond motifs is 7. The zero-order valence-electron chi connectivity index (χ0n) is 22.1. The number of para-hydroxylation sites is 3. The van der Waals surface area contributed by atoms with E-state index in [4.69, 9.17) is 4.42 Å². The van der Waals surface area contributed by atoms with Crippen molar-refractivity contribution in [2.45, 2.75) is 0 Å². The number of benzene rings is 7. The van der Waals surface area contributed by atoms with Crippen molar-refractivity contribution in [1.29, 1.82) is 0 Å². The molecule has 3 heteroatoms. The predicted octanol–water partition coefficient (Wildman–Crippen LogP) is 11.6. The Morgan fingerprint density at radius 1 is 0.439 bits per heavy atom. The fourth-order valence-corrected chi connectivity index (χ4v) is 7.14.